The Balaban J connectivity index is 1.28. The van der Waals surface area contributed by atoms with Crippen molar-refractivity contribution in [1.29, 1.82) is 0 Å². The Morgan fingerprint density at radius 1 is 0.275 bits per heavy atom. The Kier molecular flexibility index (Phi) is 7.60. The molecule has 0 saturated carbocycles. The Morgan fingerprint density at radius 3 is 0.775 bits per heavy atom. The third-order valence-electron chi connectivity index (χ3n) is 7.12. The van der Waals surface area contributed by atoms with Gasteiger partial charge in [-0.3, -0.25) is 0 Å². The lowest BCUT2D eigenvalue weighted by Crippen LogP contribution is -1.88. The molecule has 0 spiro atoms. The molecule has 0 N–H and O–H groups in total. The highest BCUT2D eigenvalue weighted by Gasteiger charge is 2.07. The number of benzene rings is 6. The minimum Gasteiger partial charge on any atom is -0.0622 e. The van der Waals surface area contributed by atoms with Gasteiger partial charge in [-0.25, -0.2) is 0 Å². The van der Waals surface area contributed by atoms with Gasteiger partial charge in [0.05, 0.1) is 0 Å². The fourth-order valence-corrected chi connectivity index (χ4v) is 5.01. The molecule has 0 aliphatic carbocycles. The molecule has 0 aromatic heterocycles. The van der Waals surface area contributed by atoms with Gasteiger partial charge in [-0.2, -0.15) is 0 Å². The van der Waals surface area contributed by atoms with Gasteiger partial charge >= 0.3 is 0 Å². The summed E-state index contributed by atoms with van der Waals surface area (Å²) in [5.74, 6) is 0. The number of hydrogen-bond acceptors (Lipinski definition) is 0. The maximum atomic E-state index is 2.27. The molecule has 190 valence electrons. The molecule has 0 nitrogen and oxygen atoms in total. The molecule has 0 aliphatic rings. The van der Waals surface area contributed by atoms with E-state index in [9.17, 15) is 0 Å². The lowest BCUT2D eigenvalue weighted by Gasteiger charge is -2.10. The average Bonchev–Trinajstić information content (AvgIpc) is 3.05. The fourth-order valence-electron chi connectivity index (χ4n) is 5.01. The first-order chi connectivity index (χ1) is 19.8. The van der Waals surface area contributed by atoms with E-state index in [1.54, 1.807) is 0 Å². The molecule has 0 unspecified atom stereocenters. The van der Waals surface area contributed by atoms with Gasteiger partial charge in [-0.05, 0) is 67.8 Å². The van der Waals surface area contributed by atoms with Crippen LogP contribution in [0.4, 0.5) is 0 Å². The average molecular weight is 511 g/mol. The van der Waals surface area contributed by atoms with Crippen molar-refractivity contribution < 1.29 is 0 Å². The van der Waals surface area contributed by atoms with E-state index in [1.807, 2.05) is 0 Å². The molecule has 0 saturated heterocycles. The Labute approximate surface area is 237 Å². The molecule has 6 aromatic carbocycles. The van der Waals surface area contributed by atoms with Crippen molar-refractivity contribution in [3.05, 3.63) is 203 Å². The van der Waals surface area contributed by atoms with Crippen LogP contribution in [0, 0.1) is 0 Å². The smallest absolute Gasteiger partial charge is 0.0105 e. The van der Waals surface area contributed by atoms with Gasteiger partial charge in [-0.1, -0.05) is 170 Å². The van der Waals surface area contributed by atoms with Gasteiger partial charge in [0, 0.05) is 0 Å². The molecule has 0 aliphatic heterocycles. The van der Waals surface area contributed by atoms with E-state index in [-0.39, 0.29) is 0 Å². The predicted molar refractivity (Wildman–Crippen MR) is 172 cm³/mol. The summed E-state index contributed by atoms with van der Waals surface area (Å²) in [4.78, 5) is 0. The molecule has 0 amide bonds. The second-order valence-electron chi connectivity index (χ2n) is 9.82. The summed E-state index contributed by atoms with van der Waals surface area (Å²) in [6, 6.07) is 60.0. The van der Waals surface area contributed by atoms with Crippen LogP contribution in [0.3, 0.4) is 0 Å². The lowest BCUT2D eigenvalue weighted by molar-refractivity contribution is 1.54. The van der Waals surface area contributed by atoms with Crippen LogP contribution in [-0.4, -0.2) is 0 Å². The molecule has 6 aromatic rings. The van der Waals surface area contributed by atoms with E-state index >= 15 is 0 Å². The SMILES string of the molecule is C(=C(c1ccccc1)c1ccccc1)c1ccc(-c2ccc(C=C(c3ccccc3)c3ccccc3)cc2)cc1. The first kappa shape index (κ1) is 25.1. The Morgan fingerprint density at radius 2 is 0.525 bits per heavy atom. The molecule has 0 bridgehead atoms. The second-order valence-corrected chi connectivity index (χ2v) is 9.82. The highest BCUT2D eigenvalue weighted by molar-refractivity contribution is 5.92. The van der Waals surface area contributed by atoms with Crippen LogP contribution in [0.25, 0.3) is 34.4 Å². The molecule has 0 radical (unpaired) electrons. The van der Waals surface area contributed by atoms with E-state index in [1.165, 1.54) is 55.7 Å². The lowest BCUT2D eigenvalue weighted by atomic mass is 9.94. The quantitative estimate of drug-likeness (QED) is 0.187. The predicted octanol–water partition coefficient (Wildman–Crippen LogP) is 10.5. The highest BCUT2D eigenvalue weighted by Crippen LogP contribution is 2.29. The van der Waals surface area contributed by atoms with Gasteiger partial charge in [0.1, 0.15) is 0 Å². The zero-order valence-electron chi connectivity index (χ0n) is 22.3. The molecular formula is C40H30. The zero-order valence-corrected chi connectivity index (χ0v) is 22.3. The molecule has 6 rings (SSSR count). The molecule has 0 fully saturated rings. The number of rotatable bonds is 7. The van der Waals surface area contributed by atoms with Crippen LogP contribution in [0.15, 0.2) is 170 Å². The van der Waals surface area contributed by atoms with Crippen LogP contribution in [0.5, 0.6) is 0 Å². The highest BCUT2D eigenvalue weighted by atomic mass is 14.1. The maximum absolute atomic E-state index is 2.27. The monoisotopic (exact) mass is 510 g/mol. The van der Waals surface area contributed by atoms with Crippen LogP contribution < -0.4 is 0 Å². The first-order valence-corrected chi connectivity index (χ1v) is 13.7. The van der Waals surface area contributed by atoms with Gasteiger partial charge in [0.2, 0.25) is 0 Å². The van der Waals surface area contributed by atoms with Crippen LogP contribution >= 0.6 is 0 Å². The summed E-state index contributed by atoms with van der Waals surface area (Å²) in [6.45, 7) is 0. The van der Waals surface area contributed by atoms with Crippen LogP contribution in [0.1, 0.15) is 33.4 Å². The summed E-state index contributed by atoms with van der Waals surface area (Å²) in [7, 11) is 0. The third kappa shape index (κ3) is 5.93. The van der Waals surface area contributed by atoms with Crippen molar-refractivity contribution in [3.63, 3.8) is 0 Å². The first-order valence-electron chi connectivity index (χ1n) is 13.7. The van der Waals surface area contributed by atoms with Crippen molar-refractivity contribution in [2.45, 2.75) is 0 Å². The van der Waals surface area contributed by atoms with Crippen molar-refractivity contribution in [3.8, 4) is 11.1 Å². The van der Waals surface area contributed by atoms with E-state index in [0.29, 0.717) is 0 Å². The molecule has 0 heteroatoms. The van der Waals surface area contributed by atoms with Crippen molar-refractivity contribution in [2.24, 2.45) is 0 Å². The molecule has 0 atom stereocenters. The van der Waals surface area contributed by atoms with Gasteiger partial charge in [0.15, 0.2) is 0 Å². The molecule has 0 heterocycles. The van der Waals surface area contributed by atoms with Crippen molar-refractivity contribution in [1.82, 2.24) is 0 Å². The minimum atomic E-state index is 1.18. The van der Waals surface area contributed by atoms with Crippen molar-refractivity contribution >= 4 is 23.3 Å². The summed E-state index contributed by atoms with van der Waals surface area (Å²) >= 11 is 0. The fraction of sp³-hybridized carbons (Fsp3) is 0. The van der Waals surface area contributed by atoms with E-state index < -0.39 is 0 Å². The standard InChI is InChI=1S/C40H30/c1-5-13-35(14-6-1)39(36-15-7-2-8-16-36)29-31-21-25-33(26-22-31)34-27-23-32(24-28-34)30-40(37-17-9-3-10-18-37)38-19-11-4-12-20-38/h1-30H. The van der Waals surface area contributed by atoms with E-state index in [0.717, 1.165) is 0 Å². The maximum Gasteiger partial charge on any atom is -0.0105 e. The van der Waals surface area contributed by atoms with Crippen LogP contribution in [-0.2, 0) is 0 Å². The van der Waals surface area contributed by atoms with E-state index in [2.05, 4.69) is 182 Å². The van der Waals surface area contributed by atoms with E-state index in [4.69, 9.17) is 0 Å². The Hall–Kier alpha value is -5.20. The van der Waals surface area contributed by atoms with Gasteiger partial charge in [0.25, 0.3) is 0 Å². The normalized spacial score (nSPS) is 10.5. The minimum absolute atomic E-state index is 1.18. The topological polar surface area (TPSA) is 0 Å². The van der Waals surface area contributed by atoms with Gasteiger partial charge < -0.3 is 0 Å². The number of hydrogen-bond donors (Lipinski definition) is 0. The van der Waals surface area contributed by atoms with Crippen molar-refractivity contribution in [2.75, 3.05) is 0 Å². The summed E-state index contributed by atoms with van der Waals surface area (Å²) in [5.41, 5.74) is 12.1. The summed E-state index contributed by atoms with van der Waals surface area (Å²) in [5, 5.41) is 0. The third-order valence-corrected chi connectivity index (χ3v) is 7.12. The second kappa shape index (κ2) is 12.1. The van der Waals surface area contributed by atoms with Gasteiger partial charge in [-0.15, -0.1) is 0 Å². The largest absolute Gasteiger partial charge is 0.0622 e. The molecular weight excluding hydrogens is 480 g/mol. The Bertz CT molecular complexity index is 1490. The van der Waals surface area contributed by atoms with Crippen LogP contribution in [0.2, 0.25) is 0 Å². The zero-order chi connectivity index (χ0) is 27.0. The molecule has 40 heavy (non-hydrogen) atoms. The summed E-state index contributed by atoms with van der Waals surface area (Å²) < 4.78 is 0. The summed E-state index contributed by atoms with van der Waals surface area (Å²) in [6.07, 6.45) is 4.55.